The van der Waals surface area contributed by atoms with Gasteiger partial charge in [0.1, 0.15) is 11.2 Å². The van der Waals surface area contributed by atoms with Crippen molar-refractivity contribution in [1.82, 2.24) is 0 Å². The molecule has 0 bridgehead atoms. The second-order valence-corrected chi connectivity index (χ2v) is 6.05. The minimum Gasteiger partial charge on any atom is -0.460 e. The van der Waals surface area contributed by atoms with Crippen molar-refractivity contribution in [3.8, 4) is 0 Å². The minimum absolute atomic E-state index is 0.167. The maximum absolute atomic E-state index is 11.3. The summed E-state index contributed by atoms with van der Waals surface area (Å²) in [5, 5.41) is 0. The first kappa shape index (κ1) is 16.7. The van der Waals surface area contributed by atoms with Crippen LogP contribution in [-0.2, 0) is 19.1 Å². The summed E-state index contributed by atoms with van der Waals surface area (Å²) < 4.78 is 10.2. The number of ether oxygens (including phenoxy) is 2. The molecule has 0 saturated heterocycles. The Morgan fingerprint density at radius 2 is 1.06 bits per heavy atom. The van der Waals surface area contributed by atoms with Crippen molar-refractivity contribution in [2.45, 2.75) is 65.6 Å². The van der Waals surface area contributed by atoms with Crippen molar-refractivity contribution in [1.29, 1.82) is 0 Å². The van der Waals surface area contributed by atoms with Crippen LogP contribution in [0.2, 0.25) is 0 Å². The molecule has 0 spiro atoms. The van der Waals surface area contributed by atoms with Gasteiger partial charge in [0.05, 0.1) is 12.8 Å². The van der Waals surface area contributed by atoms with Crippen LogP contribution in [-0.4, -0.2) is 23.1 Å². The molecule has 18 heavy (non-hydrogen) atoms. The van der Waals surface area contributed by atoms with Crippen LogP contribution in [0.25, 0.3) is 0 Å². The van der Waals surface area contributed by atoms with Gasteiger partial charge < -0.3 is 9.47 Å². The molecule has 0 N–H and O–H groups in total. The summed E-state index contributed by atoms with van der Waals surface area (Å²) >= 11 is 0. The van der Waals surface area contributed by atoms with E-state index in [2.05, 4.69) is 0 Å². The first-order chi connectivity index (χ1) is 7.99. The summed E-state index contributed by atoms with van der Waals surface area (Å²) in [6.07, 6.45) is 3.58. The monoisotopic (exact) mass is 256 g/mol. The first-order valence-corrected chi connectivity index (χ1v) is 6.08. The van der Waals surface area contributed by atoms with Crippen molar-refractivity contribution in [3.05, 3.63) is 12.2 Å². The van der Waals surface area contributed by atoms with Gasteiger partial charge in [-0.25, -0.2) is 0 Å². The lowest BCUT2D eigenvalue weighted by atomic mass is 10.2. The molecular formula is C14H24O4. The molecule has 0 amide bonds. The number of hydrogen-bond donors (Lipinski definition) is 0. The second kappa shape index (κ2) is 6.57. The quantitative estimate of drug-likeness (QED) is 0.573. The SMILES string of the molecule is CC(C)(C)OC(=O)C/C=C/CC(=O)OC(C)(C)C. The van der Waals surface area contributed by atoms with E-state index in [1.807, 2.05) is 41.5 Å². The second-order valence-electron chi connectivity index (χ2n) is 6.05. The highest BCUT2D eigenvalue weighted by atomic mass is 16.6. The summed E-state index contributed by atoms with van der Waals surface area (Å²) in [7, 11) is 0. The van der Waals surface area contributed by atoms with Gasteiger partial charge in [-0.3, -0.25) is 9.59 Å². The van der Waals surface area contributed by atoms with Gasteiger partial charge in [0.15, 0.2) is 0 Å². The van der Waals surface area contributed by atoms with Gasteiger partial charge in [-0.05, 0) is 41.5 Å². The van der Waals surface area contributed by atoms with Crippen LogP contribution in [0.3, 0.4) is 0 Å². The van der Waals surface area contributed by atoms with Gasteiger partial charge >= 0.3 is 11.9 Å². The molecule has 104 valence electrons. The molecule has 0 aliphatic heterocycles. The molecule has 0 aliphatic carbocycles. The van der Waals surface area contributed by atoms with Crippen molar-refractivity contribution >= 4 is 11.9 Å². The lowest BCUT2D eigenvalue weighted by molar-refractivity contribution is -0.155. The Kier molecular flexibility index (Phi) is 6.09. The minimum atomic E-state index is -0.476. The van der Waals surface area contributed by atoms with Crippen LogP contribution in [0.1, 0.15) is 54.4 Å². The van der Waals surface area contributed by atoms with Crippen LogP contribution in [0.15, 0.2) is 12.2 Å². The first-order valence-electron chi connectivity index (χ1n) is 6.08. The standard InChI is InChI=1S/C14H24O4/c1-13(2,3)17-11(15)9-7-8-10-12(16)18-14(4,5)6/h7-8H,9-10H2,1-6H3/b8-7+. The van der Waals surface area contributed by atoms with E-state index >= 15 is 0 Å². The van der Waals surface area contributed by atoms with Crippen molar-refractivity contribution in [2.75, 3.05) is 0 Å². The van der Waals surface area contributed by atoms with Gasteiger partial charge in [0.25, 0.3) is 0 Å². The summed E-state index contributed by atoms with van der Waals surface area (Å²) in [5.41, 5.74) is -0.952. The van der Waals surface area contributed by atoms with Gasteiger partial charge in [0, 0.05) is 0 Å². The van der Waals surface area contributed by atoms with Crippen molar-refractivity contribution < 1.29 is 19.1 Å². The lowest BCUT2D eigenvalue weighted by Gasteiger charge is -2.19. The molecule has 0 saturated carbocycles. The number of carbonyl (C=O) groups is 2. The van der Waals surface area contributed by atoms with Crippen LogP contribution in [0.5, 0.6) is 0 Å². The Balaban J connectivity index is 3.92. The molecule has 0 aromatic carbocycles. The summed E-state index contributed by atoms with van der Waals surface area (Å²) in [6.45, 7) is 10.9. The number of hydrogen-bond acceptors (Lipinski definition) is 4. The van der Waals surface area contributed by atoms with E-state index in [4.69, 9.17) is 9.47 Å². The molecule has 0 fully saturated rings. The van der Waals surface area contributed by atoms with Crippen LogP contribution in [0.4, 0.5) is 0 Å². The van der Waals surface area contributed by atoms with Crippen molar-refractivity contribution in [3.63, 3.8) is 0 Å². The molecule has 0 radical (unpaired) electrons. The average Bonchev–Trinajstić information content (AvgIpc) is 2.06. The van der Waals surface area contributed by atoms with E-state index in [1.165, 1.54) is 0 Å². The Morgan fingerprint density at radius 3 is 1.28 bits per heavy atom. The normalized spacial score (nSPS) is 12.6. The topological polar surface area (TPSA) is 52.6 Å². The third-order valence-electron chi connectivity index (χ3n) is 1.58. The van der Waals surface area contributed by atoms with Crippen LogP contribution in [0, 0.1) is 0 Å². The third-order valence-corrected chi connectivity index (χ3v) is 1.58. The highest BCUT2D eigenvalue weighted by Crippen LogP contribution is 2.10. The van der Waals surface area contributed by atoms with Crippen LogP contribution < -0.4 is 0 Å². The fourth-order valence-electron chi connectivity index (χ4n) is 1.13. The molecule has 0 heterocycles. The maximum atomic E-state index is 11.3. The Labute approximate surface area is 109 Å². The summed E-state index contributed by atoms with van der Waals surface area (Å²) in [4.78, 5) is 22.7. The van der Waals surface area contributed by atoms with Gasteiger partial charge in [-0.1, -0.05) is 12.2 Å². The Morgan fingerprint density at radius 1 is 0.778 bits per heavy atom. The van der Waals surface area contributed by atoms with E-state index in [-0.39, 0.29) is 24.8 Å². The van der Waals surface area contributed by atoms with E-state index in [0.29, 0.717) is 0 Å². The zero-order valence-corrected chi connectivity index (χ0v) is 12.2. The molecule has 0 rings (SSSR count). The highest BCUT2D eigenvalue weighted by Gasteiger charge is 2.16. The molecular weight excluding hydrogens is 232 g/mol. The number of rotatable bonds is 4. The Hall–Kier alpha value is -1.32. The molecule has 0 aliphatic rings. The van der Waals surface area contributed by atoms with Gasteiger partial charge in [-0.2, -0.15) is 0 Å². The summed E-state index contributed by atoms with van der Waals surface area (Å²) in [6, 6.07) is 0. The van der Waals surface area contributed by atoms with Gasteiger partial charge in [0.2, 0.25) is 0 Å². The van der Waals surface area contributed by atoms with E-state index in [0.717, 1.165) is 0 Å². The fraction of sp³-hybridized carbons (Fsp3) is 0.714. The number of esters is 2. The zero-order valence-electron chi connectivity index (χ0n) is 12.2. The largest absolute Gasteiger partial charge is 0.460 e. The fourth-order valence-corrected chi connectivity index (χ4v) is 1.13. The average molecular weight is 256 g/mol. The summed E-state index contributed by atoms with van der Waals surface area (Å²) in [5.74, 6) is -0.606. The Bertz CT molecular complexity index is 284. The molecule has 0 aromatic rings. The lowest BCUT2D eigenvalue weighted by Crippen LogP contribution is -2.23. The van der Waals surface area contributed by atoms with Crippen LogP contribution >= 0.6 is 0 Å². The molecule has 0 aromatic heterocycles. The smallest absolute Gasteiger partial charge is 0.310 e. The highest BCUT2D eigenvalue weighted by molar-refractivity contribution is 5.73. The molecule has 0 atom stereocenters. The zero-order chi connectivity index (χ0) is 14.4. The maximum Gasteiger partial charge on any atom is 0.310 e. The number of carbonyl (C=O) groups excluding carboxylic acids is 2. The third kappa shape index (κ3) is 11.2. The molecule has 0 unspecified atom stereocenters. The van der Waals surface area contributed by atoms with E-state index in [1.54, 1.807) is 12.2 Å². The predicted molar refractivity (Wildman–Crippen MR) is 70.1 cm³/mol. The molecule has 4 heteroatoms. The van der Waals surface area contributed by atoms with E-state index in [9.17, 15) is 9.59 Å². The predicted octanol–water partition coefficient (Wildman–Crippen LogP) is 3.01. The van der Waals surface area contributed by atoms with Gasteiger partial charge in [-0.15, -0.1) is 0 Å². The molecule has 4 nitrogen and oxygen atoms in total. The van der Waals surface area contributed by atoms with Crippen molar-refractivity contribution in [2.24, 2.45) is 0 Å². The van der Waals surface area contributed by atoms with E-state index < -0.39 is 11.2 Å².